The van der Waals surface area contributed by atoms with E-state index in [1.807, 2.05) is 13.8 Å². The normalized spacial score (nSPS) is 25.2. The zero-order chi connectivity index (χ0) is 11.2. The number of halogens is 2. The molecule has 0 amide bonds. The van der Waals surface area contributed by atoms with E-state index < -0.39 is 11.6 Å². The van der Waals surface area contributed by atoms with Gasteiger partial charge in [0.2, 0.25) is 0 Å². The number of carbonyl (C=O) groups is 1. The Labute approximate surface area is 90.9 Å². The molecule has 0 aromatic heterocycles. The van der Waals surface area contributed by atoms with E-state index in [1.54, 1.807) is 0 Å². The van der Waals surface area contributed by atoms with Crippen molar-refractivity contribution >= 4 is 17.5 Å². The highest BCUT2D eigenvalue weighted by Crippen LogP contribution is 2.38. The molecule has 0 N–H and O–H groups in total. The number of thioether (sulfide) groups is 1. The van der Waals surface area contributed by atoms with Gasteiger partial charge >= 0.3 is 0 Å². The van der Waals surface area contributed by atoms with Crippen LogP contribution in [0.25, 0.3) is 0 Å². The van der Waals surface area contributed by atoms with Gasteiger partial charge in [-0.05, 0) is 12.1 Å². The van der Waals surface area contributed by atoms with Gasteiger partial charge in [-0.25, -0.2) is 8.78 Å². The monoisotopic (exact) mass is 228 g/mol. The molecule has 0 fully saturated rings. The van der Waals surface area contributed by atoms with Gasteiger partial charge in [0, 0.05) is 21.6 Å². The highest BCUT2D eigenvalue weighted by molar-refractivity contribution is 8.00. The molecule has 2 rings (SSSR count). The molecule has 0 saturated heterocycles. The van der Waals surface area contributed by atoms with E-state index in [1.165, 1.54) is 11.8 Å². The van der Waals surface area contributed by atoms with Crippen molar-refractivity contribution in [2.24, 2.45) is 5.92 Å². The van der Waals surface area contributed by atoms with Crippen LogP contribution in [0.1, 0.15) is 24.2 Å². The maximum Gasteiger partial charge on any atom is 0.168 e. The number of fused-ring (bicyclic) bond motifs is 1. The van der Waals surface area contributed by atoms with Crippen molar-refractivity contribution in [2.45, 2.75) is 24.0 Å². The van der Waals surface area contributed by atoms with E-state index in [-0.39, 0.29) is 17.0 Å². The quantitative estimate of drug-likeness (QED) is 0.677. The molecular weight excluding hydrogens is 218 g/mol. The number of Topliss-reactive ketones (excluding diaryl/α,β-unsaturated/α-hetero) is 1. The van der Waals surface area contributed by atoms with Crippen molar-refractivity contribution in [3.05, 3.63) is 29.3 Å². The van der Waals surface area contributed by atoms with Gasteiger partial charge in [-0.15, -0.1) is 11.8 Å². The average molecular weight is 228 g/mol. The zero-order valence-electron chi connectivity index (χ0n) is 8.38. The maximum absolute atomic E-state index is 13.0. The van der Waals surface area contributed by atoms with Crippen LogP contribution in [0.3, 0.4) is 0 Å². The third-order valence-electron chi connectivity index (χ3n) is 2.72. The summed E-state index contributed by atoms with van der Waals surface area (Å²) in [7, 11) is 0. The van der Waals surface area contributed by atoms with E-state index in [4.69, 9.17) is 0 Å². The molecule has 80 valence electrons. The van der Waals surface area contributed by atoms with Crippen molar-refractivity contribution in [3.63, 3.8) is 0 Å². The van der Waals surface area contributed by atoms with E-state index >= 15 is 0 Å². The van der Waals surface area contributed by atoms with Gasteiger partial charge in [-0.2, -0.15) is 0 Å². The van der Waals surface area contributed by atoms with E-state index in [9.17, 15) is 13.6 Å². The Morgan fingerprint density at radius 3 is 2.47 bits per heavy atom. The SMILES string of the molecule is CC1Sc2cc(F)c(F)cc2C(=O)C1C. The third kappa shape index (κ3) is 1.67. The van der Waals surface area contributed by atoms with Crippen LogP contribution in [0.2, 0.25) is 0 Å². The topological polar surface area (TPSA) is 17.1 Å². The molecule has 1 aromatic rings. The van der Waals surface area contributed by atoms with E-state index in [0.29, 0.717) is 10.5 Å². The first-order chi connectivity index (χ1) is 7.00. The lowest BCUT2D eigenvalue weighted by atomic mass is 9.96. The molecule has 2 atom stereocenters. The Morgan fingerprint density at radius 2 is 1.80 bits per heavy atom. The summed E-state index contributed by atoms with van der Waals surface area (Å²) >= 11 is 1.42. The van der Waals surface area contributed by atoms with Crippen molar-refractivity contribution < 1.29 is 13.6 Å². The van der Waals surface area contributed by atoms with Crippen molar-refractivity contribution in [2.75, 3.05) is 0 Å². The van der Waals surface area contributed by atoms with Gasteiger partial charge in [0.25, 0.3) is 0 Å². The summed E-state index contributed by atoms with van der Waals surface area (Å²) in [4.78, 5) is 12.3. The Balaban J connectivity index is 2.56. The highest BCUT2D eigenvalue weighted by atomic mass is 32.2. The van der Waals surface area contributed by atoms with Crippen LogP contribution < -0.4 is 0 Å². The second kappa shape index (κ2) is 3.59. The lowest BCUT2D eigenvalue weighted by Gasteiger charge is -2.25. The first kappa shape index (κ1) is 10.6. The largest absolute Gasteiger partial charge is 0.294 e. The van der Waals surface area contributed by atoms with Crippen LogP contribution in [-0.2, 0) is 0 Å². The average Bonchev–Trinajstić information content (AvgIpc) is 2.19. The first-order valence-corrected chi connectivity index (χ1v) is 5.58. The molecule has 0 bridgehead atoms. The van der Waals surface area contributed by atoms with Crippen LogP contribution in [0, 0.1) is 17.6 Å². The van der Waals surface area contributed by atoms with E-state index in [0.717, 1.165) is 12.1 Å². The molecule has 1 heterocycles. The lowest BCUT2D eigenvalue weighted by Crippen LogP contribution is -2.26. The summed E-state index contributed by atoms with van der Waals surface area (Å²) in [5.74, 6) is -2.09. The Bertz CT molecular complexity index is 431. The smallest absolute Gasteiger partial charge is 0.168 e. The summed E-state index contributed by atoms with van der Waals surface area (Å²) in [6.45, 7) is 3.72. The van der Waals surface area contributed by atoms with Crippen molar-refractivity contribution in [1.82, 2.24) is 0 Å². The second-order valence-electron chi connectivity index (χ2n) is 3.74. The zero-order valence-corrected chi connectivity index (χ0v) is 9.20. The molecule has 1 nitrogen and oxygen atoms in total. The summed E-state index contributed by atoms with van der Waals surface area (Å²) in [5.41, 5.74) is 0.310. The number of benzene rings is 1. The molecule has 0 radical (unpaired) electrons. The standard InChI is InChI=1S/C11H10F2OS/c1-5-6(2)15-10-4-9(13)8(12)3-7(10)11(5)14/h3-6H,1-2H3. The number of hydrogen-bond donors (Lipinski definition) is 0. The summed E-state index contributed by atoms with van der Waals surface area (Å²) < 4.78 is 25.9. The maximum atomic E-state index is 13.0. The molecular formula is C11H10F2OS. The van der Waals surface area contributed by atoms with Crippen molar-refractivity contribution in [3.8, 4) is 0 Å². The molecule has 1 aliphatic rings. The lowest BCUT2D eigenvalue weighted by molar-refractivity contribution is 0.0923. The predicted molar refractivity (Wildman–Crippen MR) is 55.2 cm³/mol. The number of carbonyl (C=O) groups excluding carboxylic acids is 1. The second-order valence-corrected chi connectivity index (χ2v) is 5.16. The van der Waals surface area contributed by atoms with Gasteiger partial charge in [0.15, 0.2) is 17.4 Å². The molecule has 2 unspecified atom stereocenters. The molecule has 0 spiro atoms. The molecule has 15 heavy (non-hydrogen) atoms. The van der Waals surface area contributed by atoms with Crippen LogP contribution >= 0.6 is 11.8 Å². The Morgan fingerprint density at radius 1 is 1.20 bits per heavy atom. The predicted octanol–water partition coefficient (Wildman–Crippen LogP) is 3.28. The molecule has 1 aromatic carbocycles. The van der Waals surface area contributed by atoms with Gasteiger partial charge in [-0.1, -0.05) is 13.8 Å². The minimum Gasteiger partial charge on any atom is -0.294 e. The molecule has 4 heteroatoms. The molecule has 0 aliphatic carbocycles. The molecule has 0 saturated carbocycles. The first-order valence-electron chi connectivity index (χ1n) is 4.70. The van der Waals surface area contributed by atoms with Gasteiger partial charge in [0.05, 0.1) is 0 Å². The van der Waals surface area contributed by atoms with Crippen LogP contribution in [-0.4, -0.2) is 11.0 Å². The summed E-state index contributed by atoms with van der Waals surface area (Å²) in [6.07, 6.45) is 0. The minimum atomic E-state index is -0.954. The van der Waals surface area contributed by atoms with Crippen molar-refractivity contribution in [1.29, 1.82) is 0 Å². The fraction of sp³-hybridized carbons (Fsp3) is 0.364. The number of ketones is 1. The van der Waals surface area contributed by atoms with Gasteiger partial charge in [0.1, 0.15) is 0 Å². The molecule has 1 aliphatic heterocycles. The van der Waals surface area contributed by atoms with Crippen LogP contribution in [0.4, 0.5) is 8.78 Å². The minimum absolute atomic E-state index is 0.102. The fourth-order valence-corrected chi connectivity index (χ4v) is 2.77. The Kier molecular flexibility index (Phi) is 2.54. The Hall–Kier alpha value is -0.900. The van der Waals surface area contributed by atoms with E-state index in [2.05, 4.69) is 0 Å². The van der Waals surface area contributed by atoms with Gasteiger partial charge in [-0.3, -0.25) is 4.79 Å². The third-order valence-corrected chi connectivity index (χ3v) is 4.09. The van der Waals surface area contributed by atoms with Gasteiger partial charge < -0.3 is 0 Å². The van der Waals surface area contributed by atoms with Crippen LogP contribution in [0.15, 0.2) is 17.0 Å². The van der Waals surface area contributed by atoms with Crippen LogP contribution in [0.5, 0.6) is 0 Å². The highest BCUT2D eigenvalue weighted by Gasteiger charge is 2.31. The summed E-state index contributed by atoms with van der Waals surface area (Å²) in [6, 6.07) is 2.11. The summed E-state index contributed by atoms with van der Waals surface area (Å²) in [5, 5.41) is 0.106. The number of rotatable bonds is 0. The fourth-order valence-electron chi connectivity index (χ4n) is 1.58. The number of hydrogen-bond acceptors (Lipinski definition) is 2.